The molecule has 0 spiro atoms. The normalized spacial score (nSPS) is 16.3. The molecule has 2 aromatic rings. The fraction of sp³-hybridized carbons (Fsp3) is 0.316. The molecule has 0 aliphatic carbocycles. The topological polar surface area (TPSA) is 66.5 Å². The minimum absolute atomic E-state index is 0.0534. The van der Waals surface area contributed by atoms with Crippen LogP contribution < -0.4 is 5.32 Å². The van der Waals surface area contributed by atoms with Crippen LogP contribution in [0.15, 0.2) is 47.4 Å². The van der Waals surface area contributed by atoms with E-state index >= 15 is 0 Å². The van der Waals surface area contributed by atoms with E-state index in [9.17, 15) is 22.0 Å². The lowest BCUT2D eigenvalue weighted by Gasteiger charge is -2.17. The summed E-state index contributed by atoms with van der Waals surface area (Å²) in [5.74, 6) is -1.99. The van der Waals surface area contributed by atoms with Gasteiger partial charge in [-0.2, -0.15) is 4.31 Å². The van der Waals surface area contributed by atoms with Gasteiger partial charge in [0.25, 0.3) is 5.91 Å². The zero-order valence-electron chi connectivity index (χ0n) is 14.8. The smallest absolute Gasteiger partial charge is 0.251 e. The Kier molecular flexibility index (Phi) is 5.57. The highest BCUT2D eigenvalue weighted by atomic mass is 32.2. The predicted molar refractivity (Wildman–Crippen MR) is 96.7 cm³/mol. The maximum atomic E-state index is 13.9. The van der Waals surface area contributed by atoms with E-state index in [1.165, 1.54) is 34.6 Å². The lowest BCUT2D eigenvalue weighted by atomic mass is 10.1. The average Bonchev–Trinajstić information content (AvgIpc) is 3.17. The molecule has 1 amide bonds. The van der Waals surface area contributed by atoms with Crippen LogP contribution in [0.4, 0.5) is 8.78 Å². The van der Waals surface area contributed by atoms with Crippen LogP contribution in [0.25, 0.3) is 0 Å². The number of amides is 1. The number of carbonyl (C=O) groups excluding carboxylic acids is 1. The Hall–Kier alpha value is -2.32. The molecule has 8 heteroatoms. The highest BCUT2D eigenvalue weighted by molar-refractivity contribution is 7.89. The number of hydrogen-bond donors (Lipinski definition) is 1. The largest absolute Gasteiger partial charge is 0.345 e. The number of benzene rings is 2. The number of hydrogen-bond acceptors (Lipinski definition) is 3. The van der Waals surface area contributed by atoms with Crippen molar-refractivity contribution in [2.75, 3.05) is 13.1 Å². The highest BCUT2D eigenvalue weighted by Gasteiger charge is 2.27. The Morgan fingerprint density at radius 1 is 1.11 bits per heavy atom. The van der Waals surface area contributed by atoms with Crippen molar-refractivity contribution in [3.63, 3.8) is 0 Å². The monoisotopic (exact) mass is 394 g/mol. The first-order valence-electron chi connectivity index (χ1n) is 8.65. The molecule has 1 aliphatic heterocycles. The minimum Gasteiger partial charge on any atom is -0.345 e. The quantitative estimate of drug-likeness (QED) is 0.847. The summed E-state index contributed by atoms with van der Waals surface area (Å²) < 4.78 is 53.6. The Bertz CT molecular complexity index is 957. The predicted octanol–water partition coefficient (Wildman–Crippen LogP) is 3.24. The zero-order valence-corrected chi connectivity index (χ0v) is 15.6. The van der Waals surface area contributed by atoms with E-state index in [1.54, 1.807) is 6.92 Å². The van der Waals surface area contributed by atoms with Gasteiger partial charge in [0.15, 0.2) is 0 Å². The van der Waals surface area contributed by atoms with Crippen molar-refractivity contribution >= 4 is 15.9 Å². The molecular formula is C19H20F2N2O3S. The third-order valence-electron chi connectivity index (χ3n) is 4.58. The summed E-state index contributed by atoms with van der Waals surface area (Å²) in [6.07, 6.45) is 1.64. The van der Waals surface area contributed by atoms with Crippen LogP contribution >= 0.6 is 0 Å². The van der Waals surface area contributed by atoms with Gasteiger partial charge in [0.05, 0.1) is 10.9 Å². The van der Waals surface area contributed by atoms with E-state index in [0.29, 0.717) is 13.1 Å². The van der Waals surface area contributed by atoms with Gasteiger partial charge in [-0.25, -0.2) is 17.2 Å². The Morgan fingerprint density at radius 3 is 2.48 bits per heavy atom. The molecule has 0 aromatic heterocycles. The average molecular weight is 394 g/mol. The number of sulfonamides is 1. The van der Waals surface area contributed by atoms with Crippen LogP contribution in [0.3, 0.4) is 0 Å². The van der Waals surface area contributed by atoms with Crippen LogP contribution in [0.1, 0.15) is 41.7 Å². The van der Waals surface area contributed by atoms with Gasteiger partial charge in [0, 0.05) is 30.3 Å². The molecule has 5 nitrogen and oxygen atoms in total. The van der Waals surface area contributed by atoms with Gasteiger partial charge in [-0.05, 0) is 44.0 Å². The maximum Gasteiger partial charge on any atom is 0.251 e. The van der Waals surface area contributed by atoms with Crippen LogP contribution in [0, 0.1) is 11.6 Å². The second kappa shape index (κ2) is 7.74. The lowest BCUT2D eigenvalue weighted by molar-refractivity contribution is 0.0939. The molecule has 0 radical (unpaired) electrons. The molecule has 2 aromatic carbocycles. The van der Waals surface area contributed by atoms with Crippen molar-refractivity contribution in [3.8, 4) is 0 Å². The Morgan fingerprint density at radius 2 is 1.81 bits per heavy atom. The zero-order chi connectivity index (χ0) is 19.6. The van der Waals surface area contributed by atoms with Crippen molar-refractivity contribution < 1.29 is 22.0 Å². The number of nitrogens with zero attached hydrogens (tertiary/aromatic N) is 1. The summed E-state index contributed by atoms with van der Waals surface area (Å²) in [5.41, 5.74) is 0.301. The van der Waals surface area contributed by atoms with E-state index in [2.05, 4.69) is 5.32 Å². The number of halogens is 2. The van der Waals surface area contributed by atoms with Crippen LogP contribution in [0.2, 0.25) is 0 Å². The molecule has 0 saturated carbocycles. The molecule has 1 N–H and O–H groups in total. The third-order valence-corrected chi connectivity index (χ3v) is 6.47. The van der Waals surface area contributed by atoms with E-state index in [4.69, 9.17) is 0 Å². The fourth-order valence-corrected chi connectivity index (χ4v) is 4.65. The molecule has 27 heavy (non-hydrogen) atoms. The maximum absolute atomic E-state index is 13.9. The summed E-state index contributed by atoms with van der Waals surface area (Å²) >= 11 is 0. The van der Waals surface area contributed by atoms with Gasteiger partial charge in [-0.3, -0.25) is 4.79 Å². The van der Waals surface area contributed by atoms with Crippen molar-refractivity contribution in [1.82, 2.24) is 9.62 Å². The summed E-state index contributed by atoms with van der Waals surface area (Å²) in [5, 5.41) is 2.61. The first-order valence-corrected chi connectivity index (χ1v) is 10.1. The van der Waals surface area contributed by atoms with Gasteiger partial charge >= 0.3 is 0 Å². The highest BCUT2D eigenvalue weighted by Crippen LogP contribution is 2.22. The molecule has 144 valence electrons. The van der Waals surface area contributed by atoms with E-state index in [-0.39, 0.29) is 16.0 Å². The molecule has 1 heterocycles. The third kappa shape index (κ3) is 4.17. The van der Waals surface area contributed by atoms with Crippen molar-refractivity contribution in [1.29, 1.82) is 0 Å². The standard InChI is InChI=1S/C19H20F2N2O3S/c1-13(17-8-7-15(20)12-18(17)21)22-19(24)14-5-4-6-16(11-14)27(25,26)23-9-2-3-10-23/h4-8,11-13H,2-3,9-10H2,1H3,(H,22,24)/t13-/m0/s1. The van der Waals surface area contributed by atoms with Crippen LogP contribution in [-0.2, 0) is 10.0 Å². The summed E-state index contributed by atoms with van der Waals surface area (Å²) in [6.45, 7) is 2.51. The van der Waals surface area contributed by atoms with Crippen LogP contribution in [0.5, 0.6) is 0 Å². The lowest BCUT2D eigenvalue weighted by Crippen LogP contribution is -2.29. The fourth-order valence-electron chi connectivity index (χ4n) is 3.09. The second-order valence-electron chi connectivity index (χ2n) is 6.50. The molecule has 0 unspecified atom stereocenters. The summed E-state index contributed by atoms with van der Waals surface area (Å²) in [4.78, 5) is 12.5. The first kappa shape index (κ1) is 19.4. The summed E-state index contributed by atoms with van der Waals surface area (Å²) in [6, 6.07) is 8.18. The van der Waals surface area contributed by atoms with Gasteiger partial charge in [-0.1, -0.05) is 12.1 Å². The molecular weight excluding hydrogens is 374 g/mol. The van der Waals surface area contributed by atoms with Gasteiger partial charge in [-0.15, -0.1) is 0 Å². The minimum atomic E-state index is -3.64. The molecule has 1 atom stereocenters. The number of nitrogens with one attached hydrogen (secondary N) is 1. The number of carbonyl (C=O) groups is 1. The van der Waals surface area contributed by atoms with E-state index in [0.717, 1.165) is 25.0 Å². The molecule has 1 aliphatic rings. The van der Waals surface area contributed by atoms with E-state index < -0.39 is 33.6 Å². The second-order valence-corrected chi connectivity index (χ2v) is 8.44. The van der Waals surface area contributed by atoms with Crippen LogP contribution in [-0.4, -0.2) is 31.7 Å². The molecule has 1 saturated heterocycles. The molecule has 3 rings (SSSR count). The van der Waals surface area contributed by atoms with Gasteiger partial charge < -0.3 is 5.32 Å². The van der Waals surface area contributed by atoms with Crippen molar-refractivity contribution in [2.24, 2.45) is 0 Å². The van der Waals surface area contributed by atoms with Gasteiger partial charge in [0.1, 0.15) is 11.6 Å². The number of rotatable bonds is 5. The van der Waals surface area contributed by atoms with E-state index in [1.807, 2.05) is 0 Å². The van der Waals surface area contributed by atoms with Crippen molar-refractivity contribution in [3.05, 3.63) is 65.2 Å². The van der Waals surface area contributed by atoms with Crippen molar-refractivity contribution in [2.45, 2.75) is 30.7 Å². The molecule has 0 bridgehead atoms. The summed E-state index contributed by atoms with van der Waals surface area (Å²) in [7, 11) is -3.64. The molecule has 1 fully saturated rings. The van der Waals surface area contributed by atoms with Gasteiger partial charge in [0.2, 0.25) is 10.0 Å². The first-order chi connectivity index (χ1) is 12.8. The Balaban J connectivity index is 1.79. The SMILES string of the molecule is C[C@H](NC(=O)c1cccc(S(=O)(=O)N2CCCC2)c1)c1ccc(F)cc1F. The Labute approximate surface area is 157 Å².